The highest BCUT2D eigenvalue weighted by molar-refractivity contribution is 5.72. The lowest BCUT2D eigenvalue weighted by Crippen LogP contribution is -2.26. The maximum absolute atomic E-state index is 10.9. The average Bonchev–Trinajstić information content (AvgIpc) is 2.35. The number of carboxylic acids is 1. The highest BCUT2D eigenvalue weighted by Crippen LogP contribution is 2.30. The molecule has 0 saturated carbocycles. The first-order chi connectivity index (χ1) is 8.86. The Morgan fingerprint density at radius 2 is 2.16 bits per heavy atom. The number of hydrogen-bond acceptors (Lipinski definition) is 5. The summed E-state index contributed by atoms with van der Waals surface area (Å²) in [7, 11) is 0. The number of aliphatic hydroxyl groups is 1. The van der Waals surface area contributed by atoms with Gasteiger partial charge in [0, 0.05) is 17.7 Å². The fourth-order valence-electron chi connectivity index (χ4n) is 1.54. The van der Waals surface area contributed by atoms with Gasteiger partial charge in [0.15, 0.2) is 6.10 Å². The van der Waals surface area contributed by atoms with Gasteiger partial charge in [0.1, 0.15) is 5.75 Å². The van der Waals surface area contributed by atoms with Gasteiger partial charge in [0.25, 0.3) is 5.69 Å². The van der Waals surface area contributed by atoms with E-state index in [1.165, 1.54) is 25.1 Å². The molecule has 0 bridgehead atoms. The predicted octanol–water partition coefficient (Wildman–Crippen LogP) is 1.89. The molecule has 0 aromatic heterocycles. The maximum atomic E-state index is 10.9. The van der Waals surface area contributed by atoms with Crippen molar-refractivity contribution < 1.29 is 24.7 Å². The van der Waals surface area contributed by atoms with E-state index in [1.54, 1.807) is 6.92 Å². The third-order valence-electron chi connectivity index (χ3n) is 2.57. The Morgan fingerprint density at radius 1 is 1.53 bits per heavy atom. The lowest BCUT2D eigenvalue weighted by Gasteiger charge is -2.17. The zero-order valence-corrected chi connectivity index (χ0v) is 10.6. The van der Waals surface area contributed by atoms with E-state index in [2.05, 4.69) is 0 Å². The van der Waals surface area contributed by atoms with Crippen LogP contribution in [0.5, 0.6) is 5.75 Å². The fourth-order valence-corrected chi connectivity index (χ4v) is 1.54. The van der Waals surface area contributed by atoms with Crippen molar-refractivity contribution in [3.63, 3.8) is 0 Å². The molecule has 0 saturated heterocycles. The molecule has 0 aliphatic heterocycles. The number of non-ortho nitro benzene ring substituents is 1. The Labute approximate surface area is 109 Å². The first-order valence-electron chi connectivity index (χ1n) is 5.72. The highest BCUT2D eigenvalue weighted by Gasteiger charge is 2.21. The summed E-state index contributed by atoms with van der Waals surface area (Å²) in [5.41, 5.74) is 0.000485. The Morgan fingerprint density at radius 3 is 2.58 bits per heavy atom. The highest BCUT2D eigenvalue weighted by atomic mass is 16.6. The number of aliphatic hydroxyl groups excluding tert-OH is 1. The van der Waals surface area contributed by atoms with Gasteiger partial charge in [-0.1, -0.05) is 6.92 Å². The summed E-state index contributed by atoms with van der Waals surface area (Å²) >= 11 is 0. The van der Waals surface area contributed by atoms with Gasteiger partial charge in [-0.15, -0.1) is 0 Å². The summed E-state index contributed by atoms with van der Waals surface area (Å²) in [6, 6.07) is 3.68. The van der Waals surface area contributed by atoms with Crippen molar-refractivity contribution >= 4 is 11.7 Å². The molecule has 0 fully saturated rings. The molecule has 0 heterocycles. The molecule has 19 heavy (non-hydrogen) atoms. The number of hydrogen-bond donors (Lipinski definition) is 2. The van der Waals surface area contributed by atoms with Crippen LogP contribution in [0.15, 0.2) is 18.2 Å². The number of ether oxygens (including phenoxy) is 1. The van der Waals surface area contributed by atoms with Crippen LogP contribution in [0.25, 0.3) is 0 Å². The normalized spacial score (nSPS) is 13.6. The minimum Gasteiger partial charge on any atom is -0.479 e. The number of nitro groups is 1. The molecule has 0 aliphatic carbocycles. The number of nitrogens with zero attached hydrogens (tertiary/aromatic N) is 1. The summed E-state index contributed by atoms with van der Waals surface area (Å²) in [5.74, 6) is -0.993. The van der Waals surface area contributed by atoms with Crippen LogP contribution in [0.2, 0.25) is 0 Å². The quantitative estimate of drug-likeness (QED) is 0.602. The SMILES string of the molecule is CCC(Oc1ccc([N+](=O)[O-])cc1[C@H](C)O)C(=O)O. The van der Waals surface area contributed by atoms with Gasteiger partial charge >= 0.3 is 5.97 Å². The molecule has 1 aromatic carbocycles. The van der Waals surface area contributed by atoms with Gasteiger partial charge in [0.05, 0.1) is 11.0 Å². The van der Waals surface area contributed by atoms with Crippen molar-refractivity contribution in [3.05, 3.63) is 33.9 Å². The van der Waals surface area contributed by atoms with Gasteiger partial charge in [0.2, 0.25) is 0 Å². The molecular weight excluding hydrogens is 254 g/mol. The van der Waals surface area contributed by atoms with Crippen LogP contribution in [0.4, 0.5) is 5.69 Å². The summed E-state index contributed by atoms with van der Waals surface area (Å²) < 4.78 is 5.27. The van der Waals surface area contributed by atoms with Crippen molar-refractivity contribution in [2.45, 2.75) is 32.5 Å². The third-order valence-corrected chi connectivity index (χ3v) is 2.57. The number of carbonyl (C=O) groups is 1. The molecule has 7 nitrogen and oxygen atoms in total. The van der Waals surface area contributed by atoms with Crippen molar-refractivity contribution in [3.8, 4) is 5.75 Å². The molecule has 0 aliphatic rings. The molecule has 7 heteroatoms. The Kier molecular flexibility index (Phi) is 4.82. The van der Waals surface area contributed by atoms with Crippen LogP contribution in [0, 0.1) is 10.1 Å². The van der Waals surface area contributed by atoms with Crippen molar-refractivity contribution in [2.24, 2.45) is 0 Å². The molecule has 1 rings (SSSR count). The molecule has 1 unspecified atom stereocenters. The second-order valence-corrected chi connectivity index (χ2v) is 4.01. The summed E-state index contributed by atoms with van der Waals surface area (Å²) in [6.07, 6.45) is -1.81. The van der Waals surface area contributed by atoms with Crippen LogP contribution >= 0.6 is 0 Å². The second kappa shape index (κ2) is 6.14. The van der Waals surface area contributed by atoms with Crippen molar-refractivity contribution in [1.82, 2.24) is 0 Å². The first kappa shape index (κ1) is 14.9. The molecule has 1 aromatic rings. The predicted molar refractivity (Wildman–Crippen MR) is 66.1 cm³/mol. The van der Waals surface area contributed by atoms with E-state index in [0.717, 1.165) is 0 Å². The third kappa shape index (κ3) is 3.65. The second-order valence-electron chi connectivity index (χ2n) is 4.01. The number of rotatable bonds is 6. The number of nitro benzene ring substituents is 1. The van der Waals surface area contributed by atoms with E-state index in [4.69, 9.17) is 9.84 Å². The molecular formula is C12H15NO6. The molecule has 2 N–H and O–H groups in total. The first-order valence-corrected chi connectivity index (χ1v) is 5.72. The molecule has 0 radical (unpaired) electrons. The smallest absolute Gasteiger partial charge is 0.344 e. The maximum Gasteiger partial charge on any atom is 0.344 e. The summed E-state index contributed by atoms with van der Waals surface area (Å²) in [4.78, 5) is 21.0. The topological polar surface area (TPSA) is 110 Å². The molecule has 104 valence electrons. The van der Waals surface area contributed by atoms with Gasteiger partial charge in [-0.25, -0.2) is 4.79 Å². The molecule has 0 amide bonds. The number of aliphatic carboxylic acids is 1. The Bertz CT molecular complexity index is 485. The summed E-state index contributed by atoms with van der Waals surface area (Å²) in [6.45, 7) is 3.07. The number of benzene rings is 1. The largest absolute Gasteiger partial charge is 0.479 e. The van der Waals surface area contributed by atoms with Gasteiger partial charge in [-0.3, -0.25) is 10.1 Å². The zero-order valence-electron chi connectivity index (χ0n) is 10.6. The Balaban J connectivity index is 3.13. The zero-order chi connectivity index (χ0) is 14.6. The number of carboxylic acid groups (broad SMARTS) is 1. The summed E-state index contributed by atoms with van der Waals surface area (Å²) in [5, 5.41) is 29.2. The van der Waals surface area contributed by atoms with Crippen molar-refractivity contribution in [2.75, 3.05) is 0 Å². The van der Waals surface area contributed by atoms with Gasteiger partial charge in [-0.05, 0) is 19.4 Å². The van der Waals surface area contributed by atoms with Crippen LogP contribution in [0.1, 0.15) is 31.9 Å². The Hall–Kier alpha value is -2.15. The van der Waals surface area contributed by atoms with E-state index in [1.807, 2.05) is 0 Å². The lowest BCUT2D eigenvalue weighted by atomic mass is 10.1. The standard InChI is InChI=1S/C12H15NO6/c1-3-10(12(15)16)19-11-5-4-8(13(17)18)6-9(11)7(2)14/h4-7,10,14H,3H2,1-2H3,(H,15,16)/t7-,10?/m0/s1. The fraction of sp³-hybridized carbons (Fsp3) is 0.417. The minimum absolute atomic E-state index is 0.134. The van der Waals surface area contributed by atoms with Crippen molar-refractivity contribution in [1.29, 1.82) is 0 Å². The van der Waals surface area contributed by atoms with E-state index in [0.29, 0.717) is 0 Å². The monoisotopic (exact) mass is 269 g/mol. The van der Waals surface area contributed by atoms with E-state index in [9.17, 15) is 20.0 Å². The molecule has 0 spiro atoms. The van der Waals surface area contributed by atoms with Crippen LogP contribution in [-0.2, 0) is 4.79 Å². The van der Waals surface area contributed by atoms with Gasteiger partial charge in [-0.2, -0.15) is 0 Å². The van der Waals surface area contributed by atoms with Crippen LogP contribution < -0.4 is 4.74 Å². The van der Waals surface area contributed by atoms with E-state index in [-0.39, 0.29) is 23.4 Å². The lowest BCUT2D eigenvalue weighted by molar-refractivity contribution is -0.385. The van der Waals surface area contributed by atoms with Gasteiger partial charge < -0.3 is 14.9 Å². The van der Waals surface area contributed by atoms with E-state index >= 15 is 0 Å². The van der Waals surface area contributed by atoms with Crippen LogP contribution in [-0.4, -0.2) is 27.2 Å². The minimum atomic E-state index is -1.13. The van der Waals surface area contributed by atoms with E-state index < -0.39 is 23.1 Å². The molecule has 2 atom stereocenters. The van der Waals surface area contributed by atoms with Crippen LogP contribution in [0.3, 0.4) is 0 Å². The average molecular weight is 269 g/mol.